The molecule has 2 heterocycles. The lowest BCUT2D eigenvalue weighted by Gasteiger charge is -2.04. The predicted molar refractivity (Wildman–Crippen MR) is 46.6 cm³/mol. The zero-order chi connectivity index (χ0) is 7.68. The Bertz CT molecular complexity index is 220. The Kier molecular flexibility index (Phi) is 1.92. The molecule has 1 saturated heterocycles. The van der Waals surface area contributed by atoms with Crippen molar-refractivity contribution in [3.8, 4) is 0 Å². The van der Waals surface area contributed by atoms with Gasteiger partial charge in [0.15, 0.2) is 0 Å². The largest absolute Gasteiger partial charge is 0.309 e. The monoisotopic (exact) mass is 168 g/mol. The van der Waals surface area contributed by atoms with Crippen molar-refractivity contribution >= 4 is 11.3 Å². The van der Waals surface area contributed by atoms with E-state index in [4.69, 9.17) is 0 Å². The fourth-order valence-corrected chi connectivity index (χ4v) is 2.24. The highest BCUT2D eigenvalue weighted by molar-refractivity contribution is 7.09. The first-order valence-corrected chi connectivity index (χ1v) is 4.86. The molecule has 2 nitrogen and oxygen atoms in total. The molecule has 0 radical (unpaired) electrons. The third-order valence-corrected chi connectivity index (χ3v) is 3.03. The Balaban J connectivity index is 2.08. The summed E-state index contributed by atoms with van der Waals surface area (Å²) in [5.74, 6) is 0.821. The number of nitrogens with zero attached hydrogens (tertiary/aromatic N) is 1. The molecule has 0 spiro atoms. The van der Waals surface area contributed by atoms with Gasteiger partial charge in [-0.05, 0) is 18.9 Å². The van der Waals surface area contributed by atoms with E-state index < -0.39 is 0 Å². The summed E-state index contributed by atoms with van der Waals surface area (Å²) in [5, 5.41) is 3.48. The summed E-state index contributed by atoms with van der Waals surface area (Å²) >= 11 is 1.75. The molecule has 11 heavy (non-hydrogen) atoms. The molecule has 0 amide bonds. The van der Waals surface area contributed by atoms with E-state index in [2.05, 4.69) is 17.2 Å². The number of hydrogen-bond donors (Lipinski definition) is 1. The standard InChI is InChI=1S/C8H12N2S/c1-6-2-7(10-3-6)8-4-9-5-11-8/h4-7,10H,2-3H2,1H3/t6-,7-/m0/s1. The molecule has 1 aliphatic rings. The normalized spacial score (nSPS) is 31.0. The van der Waals surface area contributed by atoms with Crippen LogP contribution >= 0.6 is 11.3 Å². The molecule has 0 unspecified atom stereocenters. The van der Waals surface area contributed by atoms with Gasteiger partial charge >= 0.3 is 0 Å². The van der Waals surface area contributed by atoms with Crippen LogP contribution in [0.2, 0.25) is 0 Å². The fraction of sp³-hybridized carbons (Fsp3) is 0.625. The molecule has 1 N–H and O–H groups in total. The molecule has 60 valence electrons. The molecule has 1 aliphatic heterocycles. The van der Waals surface area contributed by atoms with E-state index in [1.165, 1.54) is 11.3 Å². The number of thiazole rings is 1. The third-order valence-electron chi connectivity index (χ3n) is 2.15. The van der Waals surface area contributed by atoms with Crippen molar-refractivity contribution in [2.45, 2.75) is 19.4 Å². The van der Waals surface area contributed by atoms with Gasteiger partial charge in [-0.15, -0.1) is 11.3 Å². The zero-order valence-electron chi connectivity index (χ0n) is 6.58. The van der Waals surface area contributed by atoms with E-state index >= 15 is 0 Å². The van der Waals surface area contributed by atoms with E-state index in [1.54, 1.807) is 11.3 Å². The highest BCUT2D eigenvalue weighted by Crippen LogP contribution is 2.28. The molecular formula is C8H12N2S. The number of hydrogen-bond acceptors (Lipinski definition) is 3. The van der Waals surface area contributed by atoms with Crippen molar-refractivity contribution in [1.29, 1.82) is 0 Å². The second-order valence-corrected chi connectivity index (χ2v) is 4.12. The van der Waals surface area contributed by atoms with Crippen LogP contribution in [0.25, 0.3) is 0 Å². The third kappa shape index (κ3) is 1.44. The van der Waals surface area contributed by atoms with Gasteiger partial charge in [-0.3, -0.25) is 4.98 Å². The van der Waals surface area contributed by atoms with E-state index in [0.29, 0.717) is 6.04 Å². The summed E-state index contributed by atoms with van der Waals surface area (Å²) in [5.41, 5.74) is 1.90. The Labute approximate surface area is 70.7 Å². The van der Waals surface area contributed by atoms with Gasteiger partial charge in [0.05, 0.1) is 5.51 Å². The SMILES string of the molecule is C[C@@H]1CN[C@H](c2cncs2)C1. The number of nitrogens with one attached hydrogen (secondary N) is 1. The quantitative estimate of drug-likeness (QED) is 0.691. The molecule has 0 bridgehead atoms. The van der Waals surface area contributed by atoms with E-state index in [9.17, 15) is 0 Å². The minimum absolute atomic E-state index is 0.581. The smallest absolute Gasteiger partial charge is 0.0794 e. The fourth-order valence-electron chi connectivity index (χ4n) is 1.53. The summed E-state index contributed by atoms with van der Waals surface area (Å²) in [6.45, 7) is 3.44. The van der Waals surface area contributed by atoms with Crippen LogP contribution in [0.5, 0.6) is 0 Å². The van der Waals surface area contributed by atoms with Gasteiger partial charge in [-0.25, -0.2) is 0 Å². The molecule has 0 aromatic carbocycles. The van der Waals surface area contributed by atoms with Gasteiger partial charge in [-0.1, -0.05) is 6.92 Å². The van der Waals surface area contributed by atoms with Gasteiger partial charge in [0.25, 0.3) is 0 Å². The molecule has 1 aromatic rings. The molecule has 1 fully saturated rings. The van der Waals surface area contributed by atoms with Gasteiger partial charge in [-0.2, -0.15) is 0 Å². The lowest BCUT2D eigenvalue weighted by Crippen LogP contribution is -2.12. The summed E-state index contributed by atoms with van der Waals surface area (Å²) in [6.07, 6.45) is 3.24. The number of rotatable bonds is 1. The van der Waals surface area contributed by atoms with Crippen LogP contribution in [0.15, 0.2) is 11.7 Å². The molecule has 2 atom stereocenters. The minimum atomic E-state index is 0.581. The van der Waals surface area contributed by atoms with Crippen molar-refractivity contribution in [2.75, 3.05) is 6.54 Å². The molecule has 2 rings (SSSR count). The van der Waals surface area contributed by atoms with Gasteiger partial charge in [0.2, 0.25) is 0 Å². The maximum absolute atomic E-state index is 4.07. The first-order chi connectivity index (χ1) is 5.36. The van der Waals surface area contributed by atoms with E-state index in [1.807, 2.05) is 11.7 Å². The van der Waals surface area contributed by atoms with Crippen molar-refractivity contribution in [3.63, 3.8) is 0 Å². The summed E-state index contributed by atoms with van der Waals surface area (Å²) < 4.78 is 0. The van der Waals surface area contributed by atoms with Crippen molar-refractivity contribution < 1.29 is 0 Å². The van der Waals surface area contributed by atoms with Crippen LogP contribution in [0, 0.1) is 5.92 Å². The first kappa shape index (κ1) is 7.25. The van der Waals surface area contributed by atoms with Gasteiger partial charge in [0.1, 0.15) is 0 Å². The second-order valence-electron chi connectivity index (χ2n) is 3.21. The van der Waals surface area contributed by atoms with Crippen molar-refractivity contribution in [3.05, 3.63) is 16.6 Å². The van der Waals surface area contributed by atoms with Crippen molar-refractivity contribution in [1.82, 2.24) is 10.3 Å². The summed E-state index contributed by atoms with van der Waals surface area (Å²) in [6, 6.07) is 0.581. The topological polar surface area (TPSA) is 24.9 Å². The number of aromatic nitrogens is 1. The maximum Gasteiger partial charge on any atom is 0.0794 e. The van der Waals surface area contributed by atoms with Gasteiger partial charge < -0.3 is 5.32 Å². The Hall–Kier alpha value is -0.410. The van der Waals surface area contributed by atoms with Gasteiger partial charge in [0, 0.05) is 17.1 Å². The first-order valence-electron chi connectivity index (χ1n) is 3.98. The van der Waals surface area contributed by atoms with E-state index in [-0.39, 0.29) is 0 Å². The Morgan fingerprint density at radius 2 is 2.64 bits per heavy atom. The Morgan fingerprint density at radius 3 is 3.18 bits per heavy atom. The van der Waals surface area contributed by atoms with Crippen molar-refractivity contribution in [2.24, 2.45) is 5.92 Å². The highest BCUT2D eigenvalue weighted by atomic mass is 32.1. The minimum Gasteiger partial charge on any atom is -0.309 e. The van der Waals surface area contributed by atoms with Crippen LogP contribution < -0.4 is 5.32 Å². The summed E-state index contributed by atoms with van der Waals surface area (Å²) in [7, 11) is 0. The van der Waals surface area contributed by atoms with Crippen LogP contribution in [-0.4, -0.2) is 11.5 Å². The van der Waals surface area contributed by atoms with Crippen LogP contribution in [-0.2, 0) is 0 Å². The maximum atomic E-state index is 4.07. The predicted octanol–water partition coefficient (Wildman–Crippen LogP) is 1.81. The Morgan fingerprint density at radius 1 is 1.73 bits per heavy atom. The van der Waals surface area contributed by atoms with Crippen LogP contribution in [0.1, 0.15) is 24.3 Å². The average molecular weight is 168 g/mol. The second kappa shape index (κ2) is 2.91. The van der Waals surface area contributed by atoms with Crippen LogP contribution in [0.3, 0.4) is 0 Å². The van der Waals surface area contributed by atoms with Crippen LogP contribution in [0.4, 0.5) is 0 Å². The molecule has 0 saturated carbocycles. The lowest BCUT2D eigenvalue weighted by atomic mass is 10.1. The van der Waals surface area contributed by atoms with E-state index in [0.717, 1.165) is 12.5 Å². The summed E-state index contributed by atoms with van der Waals surface area (Å²) in [4.78, 5) is 5.45. The molecule has 3 heteroatoms. The lowest BCUT2D eigenvalue weighted by molar-refractivity contribution is 0.618. The average Bonchev–Trinajstić information content (AvgIpc) is 2.55. The zero-order valence-corrected chi connectivity index (χ0v) is 7.40. The molecular weight excluding hydrogens is 156 g/mol. The highest BCUT2D eigenvalue weighted by Gasteiger charge is 2.22. The molecule has 1 aromatic heterocycles. The molecule has 0 aliphatic carbocycles.